The second kappa shape index (κ2) is 3.21. The third kappa shape index (κ3) is 1.33. The van der Waals surface area contributed by atoms with Crippen molar-refractivity contribution in [2.75, 3.05) is 13.1 Å². The summed E-state index contributed by atoms with van der Waals surface area (Å²) in [5.41, 5.74) is 0. The van der Waals surface area contributed by atoms with Crippen LogP contribution in [0.1, 0.15) is 0 Å². The van der Waals surface area contributed by atoms with Crippen molar-refractivity contribution in [1.29, 1.82) is 0 Å². The zero-order valence-electron chi connectivity index (χ0n) is 6.79. The zero-order valence-corrected chi connectivity index (χ0v) is 6.79. The first-order valence-electron chi connectivity index (χ1n) is 4.23. The smallest absolute Gasteiger partial charge is 0.165 e. The van der Waals surface area contributed by atoms with Gasteiger partial charge in [-0.2, -0.15) is 0 Å². The maximum atomic E-state index is 11.4. The first kappa shape index (κ1) is 7.71. The Kier molecular flexibility index (Phi) is 2.06. The Bertz CT molecular complexity index is 239. The summed E-state index contributed by atoms with van der Waals surface area (Å²) < 4.78 is 0. The minimum Gasteiger partial charge on any atom is -0.300 e. The Morgan fingerprint density at radius 3 is 2.67 bits per heavy atom. The highest BCUT2D eigenvalue weighted by Crippen LogP contribution is 2.12. The van der Waals surface area contributed by atoms with Crippen molar-refractivity contribution in [2.24, 2.45) is 5.92 Å². The number of hydrogen-bond donors (Lipinski definition) is 2. The van der Waals surface area contributed by atoms with Crippen LogP contribution in [0.2, 0.25) is 0 Å². The number of carbonyl (C=O) groups excluding carboxylic acids is 1. The lowest BCUT2D eigenvalue weighted by molar-refractivity contribution is -0.117. The fourth-order valence-corrected chi connectivity index (χ4v) is 1.60. The molecule has 0 amide bonds. The van der Waals surface area contributed by atoms with Crippen molar-refractivity contribution in [3.63, 3.8) is 0 Å². The van der Waals surface area contributed by atoms with Crippen LogP contribution in [-0.4, -0.2) is 25.0 Å². The Morgan fingerprint density at radius 2 is 2.00 bits per heavy atom. The molecule has 3 nitrogen and oxygen atoms in total. The molecular weight excluding hydrogens is 152 g/mol. The van der Waals surface area contributed by atoms with Crippen molar-refractivity contribution in [1.82, 2.24) is 10.6 Å². The van der Waals surface area contributed by atoms with Crippen molar-refractivity contribution < 1.29 is 4.79 Å². The summed E-state index contributed by atoms with van der Waals surface area (Å²) in [4.78, 5) is 11.4. The van der Waals surface area contributed by atoms with Crippen LogP contribution in [0, 0.1) is 5.92 Å². The number of carbonyl (C=O) groups is 1. The SMILES string of the molecule is O=C1C=CC=CC1C1NCCN1. The van der Waals surface area contributed by atoms with Crippen LogP contribution in [0.4, 0.5) is 0 Å². The number of hydrogen-bond acceptors (Lipinski definition) is 3. The van der Waals surface area contributed by atoms with Crippen LogP contribution in [0.5, 0.6) is 0 Å². The Hall–Kier alpha value is -0.930. The van der Waals surface area contributed by atoms with Crippen molar-refractivity contribution in [3.8, 4) is 0 Å². The summed E-state index contributed by atoms with van der Waals surface area (Å²) in [6, 6.07) is 0. The van der Waals surface area contributed by atoms with Crippen LogP contribution in [-0.2, 0) is 4.79 Å². The molecule has 0 aromatic carbocycles. The van der Waals surface area contributed by atoms with Gasteiger partial charge in [-0.25, -0.2) is 0 Å². The van der Waals surface area contributed by atoms with Gasteiger partial charge in [0.2, 0.25) is 0 Å². The van der Waals surface area contributed by atoms with Crippen molar-refractivity contribution >= 4 is 5.78 Å². The lowest BCUT2D eigenvalue weighted by Gasteiger charge is -2.19. The van der Waals surface area contributed by atoms with Gasteiger partial charge in [0.15, 0.2) is 5.78 Å². The molecule has 1 heterocycles. The summed E-state index contributed by atoms with van der Waals surface area (Å²) in [6.07, 6.45) is 7.42. The van der Waals surface area contributed by atoms with Crippen LogP contribution >= 0.6 is 0 Å². The minimum atomic E-state index is -0.0162. The van der Waals surface area contributed by atoms with Gasteiger partial charge >= 0.3 is 0 Å². The molecule has 1 aliphatic heterocycles. The second-order valence-electron chi connectivity index (χ2n) is 3.06. The first-order chi connectivity index (χ1) is 5.88. The second-order valence-corrected chi connectivity index (χ2v) is 3.06. The summed E-state index contributed by atoms with van der Waals surface area (Å²) in [5, 5.41) is 6.48. The number of rotatable bonds is 1. The van der Waals surface area contributed by atoms with E-state index >= 15 is 0 Å². The van der Waals surface area contributed by atoms with E-state index in [2.05, 4.69) is 10.6 Å². The van der Waals surface area contributed by atoms with E-state index in [0.29, 0.717) is 0 Å². The molecule has 0 bridgehead atoms. The molecule has 0 aromatic heterocycles. The molecule has 1 saturated heterocycles. The molecule has 0 spiro atoms. The molecule has 0 saturated carbocycles. The molecular formula is C9H12N2O. The Morgan fingerprint density at radius 1 is 1.25 bits per heavy atom. The monoisotopic (exact) mass is 164 g/mol. The number of nitrogens with one attached hydrogen (secondary N) is 2. The van der Waals surface area contributed by atoms with Gasteiger partial charge in [-0.3, -0.25) is 15.4 Å². The average Bonchev–Trinajstić information content (AvgIpc) is 2.57. The highest BCUT2D eigenvalue weighted by molar-refractivity contribution is 5.94. The molecule has 0 aromatic rings. The maximum Gasteiger partial charge on any atom is 0.165 e. The van der Waals surface area contributed by atoms with Gasteiger partial charge in [-0.1, -0.05) is 18.2 Å². The van der Waals surface area contributed by atoms with E-state index in [1.54, 1.807) is 12.2 Å². The van der Waals surface area contributed by atoms with Gasteiger partial charge in [0.05, 0.1) is 12.1 Å². The normalized spacial score (nSPS) is 30.0. The largest absolute Gasteiger partial charge is 0.300 e. The molecule has 1 unspecified atom stereocenters. The van der Waals surface area contributed by atoms with Gasteiger partial charge < -0.3 is 0 Å². The standard InChI is InChI=1S/C9H12N2O/c12-8-4-2-1-3-7(8)9-10-5-6-11-9/h1-4,7,9-11H,5-6H2. The third-order valence-corrected chi connectivity index (χ3v) is 2.23. The fourth-order valence-electron chi connectivity index (χ4n) is 1.60. The zero-order chi connectivity index (χ0) is 8.39. The molecule has 3 heteroatoms. The van der Waals surface area contributed by atoms with Crippen LogP contribution < -0.4 is 10.6 Å². The summed E-state index contributed by atoms with van der Waals surface area (Å²) in [7, 11) is 0. The van der Waals surface area contributed by atoms with E-state index in [1.165, 1.54) is 0 Å². The van der Waals surface area contributed by atoms with Gasteiger partial charge in [-0.05, 0) is 6.08 Å². The summed E-state index contributed by atoms with van der Waals surface area (Å²) >= 11 is 0. The van der Waals surface area contributed by atoms with E-state index in [1.807, 2.05) is 12.2 Å². The quantitative estimate of drug-likeness (QED) is 0.564. The van der Waals surface area contributed by atoms with Crippen molar-refractivity contribution in [3.05, 3.63) is 24.3 Å². The average molecular weight is 164 g/mol. The first-order valence-corrected chi connectivity index (χ1v) is 4.23. The predicted molar refractivity (Wildman–Crippen MR) is 46.6 cm³/mol. The van der Waals surface area contributed by atoms with E-state index in [4.69, 9.17) is 0 Å². The van der Waals surface area contributed by atoms with E-state index in [9.17, 15) is 4.79 Å². The maximum absolute atomic E-state index is 11.4. The predicted octanol–water partition coefficient (Wildman–Crippen LogP) is -0.183. The lowest BCUT2D eigenvalue weighted by atomic mass is 9.96. The minimum absolute atomic E-state index is 0.0162. The van der Waals surface area contributed by atoms with E-state index in [0.717, 1.165) is 13.1 Å². The molecule has 64 valence electrons. The molecule has 1 aliphatic carbocycles. The summed E-state index contributed by atoms with van der Waals surface area (Å²) in [5.74, 6) is 0.168. The fraction of sp³-hybridized carbons (Fsp3) is 0.444. The van der Waals surface area contributed by atoms with Crippen LogP contribution in [0.25, 0.3) is 0 Å². The van der Waals surface area contributed by atoms with E-state index < -0.39 is 0 Å². The molecule has 12 heavy (non-hydrogen) atoms. The molecule has 1 atom stereocenters. The lowest BCUT2D eigenvalue weighted by Crippen LogP contribution is -2.41. The van der Waals surface area contributed by atoms with E-state index in [-0.39, 0.29) is 17.9 Å². The molecule has 1 fully saturated rings. The molecule has 2 N–H and O–H groups in total. The highest BCUT2D eigenvalue weighted by atomic mass is 16.1. The summed E-state index contributed by atoms with van der Waals surface area (Å²) in [6.45, 7) is 1.90. The van der Waals surface area contributed by atoms with Crippen LogP contribution in [0.15, 0.2) is 24.3 Å². The topological polar surface area (TPSA) is 41.1 Å². The van der Waals surface area contributed by atoms with Gasteiger partial charge in [0, 0.05) is 13.1 Å². The molecule has 0 radical (unpaired) electrons. The molecule has 2 rings (SSSR count). The number of ketones is 1. The Labute approximate surface area is 71.5 Å². The van der Waals surface area contributed by atoms with Crippen molar-refractivity contribution in [2.45, 2.75) is 6.17 Å². The molecule has 2 aliphatic rings. The van der Waals surface area contributed by atoms with Gasteiger partial charge in [0.25, 0.3) is 0 Å². The van der Waals surface area contributed by atoms with Gasteiger partial charge in [-0.15, -0.1) is 0 Å². The van der Waals surface area contributed by atoms with Gasteiger partial charge in [0.1, 0.15) is 0 Å². The van der Waals surface area contributed by atoms with Crippen LogP contribution in [0.3, 0.4) is 0 Å². The highest BCUT2D eigenvalue weighted by Gasteiger charge is 2.27. The third-order valence-electron chi connectivity index (χ3n) is 2.23. The number of allylic oxidation sites excluding steroid dienone is 3. The Balaban J connectivity index is 2.07.